The second-order valence-corrected chi connectivity index (χ2v) is 3.39. The first kappa shape index (κ1) is 14.6. The highest BCUT2D eigenvalue weighted by atomic mass is 32.1. The van der Waals surface area contributed by atoms with Crippen LogP contribution in [0.3, 0.4) is 0 Å². The Morgan fingerprint density at radius 3 is 2.50 bits per heavy atom. The van der Waals surface area contributed by atoms with Crippen LogP contribution in [0.15, 0.2) is 23.6 Å². The van der Waals surface area contributed by atoms with Crippen molar-refractivity contribution in [2.24, 2.45) is 0 Å². The Kier molecular flexibility index (Phi) is 8.10. The molecule has 16 heavy (non-hydrogen) atoms. The van der Waals surface area contributed by atoms with Gasteiger partial charge in [0.1, 0.15) is 0 Å². The molecule has 0 saturated heterocycles. The van der Waals surface area contributed by atoms with Crippen LogP contribution in [-0.4, -0.2) is 4.98 Å². The van der Waals surface area contributed by atoms with E-state index in [0.717, 1.165) is 11.2 Å². The van der Waals surface area contributed by atoms with E-state index in [9.17, 15) is 0 Å². The highest BCUT2D eigenvalue weighted by Gasteiger charge is 1.97. The summed E-state index contributed by atoms with van der Waals surface area (Å²) in [6, 6.07) is 7.97. The van der Waals surface area contributed by atoms with E-state index < -0.39 is 0 Å². The molecule has 0 amide bonds. The highest BCUT2D eigenvalue weighted by molar-refractivity contribution is 7.17. The topological polar surface area (TPSA) is 36.7 Å². The molecule has 0 bridgehead atoms. The summed E-state index contributed by atoms with van der Waals surface area (Å²) >= 11 is 1.67. The summed E-state index contributed by atoms with van der Waals surface area (Å²) in [7, 11) is 0. The molecule has 0 saturated carbocycles. The minimum Gasteiger partial charge on any atom is -0.251 e. The molecule has 2 rings (SSSR count). The molecule has 86 valence electrons. The number of rotatable bonds is 1. The molecule has 0 spiro atoms. The van der Waals surface area contributed by atoms with Gasteiger partial charge in [0.15, 0.2) is 0 Å². The van der Waals surface area contributed by atoms with Crippen LogP contribution in [0.4, 0.5) is 0 Å². The maximum absolute atomic E-state index is 8.45. The van der Waals surface area contributed by atoms with Crippen molar-refractivity contribution in [3.63, 3.8) is 0 Å². The number of pyridine rings is 1. The van der Waals surface area contributed by atoms with Crippen molar-refractivity contribution in [3.8, 4) is 6.07 Å². The molecule has 2 heterocycles. The minimum absolute atomic E-state index is 0.395. The number of hydrogen-bond donors (Lipinski definition) is 0. The molecular formula is C13H18N2S. The molecule has 0 fully saturated rings. The Morgan fingerprint density at radius 2 is 1.88 bits per heavy atom. The van der Waals surface area contributed by atoms with E-state index in [1.54, 1.807) is 11.3 Å². The molecule has 2 nitrogen and oxygen atoms in total. The summed E-state index contributed by atoms with van der Waals surface area (Å²) in [6.45, 7) is 8.00. The van der Waals surface area contributed by atoms with Crippen molar-refractivity contribution < 1.29 is 0 Å². The number of nitriles is 1. The number of thiophene rings is 1. The summed E-state index contributed by atoms with van der Waals surface area (Å²) in [4.78, 5) is 4.31. The molecule has 3 heteroatoms. The zero-order valence-electron chi connectivity index (χ0n) is 10.3. The smallest absolute Gasteiger partial charge is 0.0813 e. The molecule has 0 aromatic carbocycles. The zero-order valence-corrected chi connectivity index (χ0v) is 11.1. The molecule has 0 N–H and O–H groups in total. The molecule has 0 aliphatic rings. The van der Waals surface area contributed by atoms with Gasteiger partial charge < -0.3 is 0 Å². The van der Waals surface area contributed by atoms with Crippen molar-refractivity contribution in [2.45, 2.75) is 34.1 Å². The van der Waals surface area contributed by atoms with Crippen LogP contribution in [0.1, 0.15) is 33.4 Å². The maximum atomic E-state index is 8.45. The van der Waals surface area contributed by atoms with Gasteiger partial charge in [-0.15, -0.1) is 11.3 Å². The first-order chi connectivity index (χ1) is 7.90. The van der Waals surface area contributed by atoms with E-state index in [2.05, 4.69) is 11.1 Å². The van der Waals surface area contributed by atoms with Gasteiger partial charge in [0.05, 0.1) is 28.4 Å². The van der Waals surface area contributed by atoms with Crippen LogP contribution in [0, 0.1) is 11.3 Å². The lowest BCUT2D eigenvalue weighted by atomic mass is 10.3. The molecule has 0 radical (unpaired) electrons. The first-order valence-electron chi connectivity index (χ1n) is 5.60. The van der Waals surface area contributed by atoms with Crippen LogP contribution in [0.5, 0.6) is 0 Å². The van der Waals surface area contributed by atoms with Gasteiger partial charge in [0.2, 0.25) is 0 Å². The minimum atomic E-state index is 0.395. The fourth-order valence-electron chi connectivity index (χ4n) is 1.07. The lowest BCUT2D eigenvalue weighted by Crippen LogP contribution is -1.85. The van der Waals surface area contributed by atoms with E-state index in [-0.39, 0.29) is 0 Å². The monoisotopic (exact) mass is 234 g/mol. The molecular weight excluding hydrogens is 216 g/mol. The van der Waals surface area contributed by atoms with Crippen LogP contribution >= 0.6 is 11.3 Å². The number of fused-ring (bicyclic) bond motifs is 1. The Bertz CT molecular complexity index is 440. The maximum Gasteiger partial charge on any atom is 0.0813 e. The van der Waals surface area contributed by atoms with Crippen molar-refractivity contribution in [2.75, 3.05) is 0 Å². The third-order valence-corrected chi connectivity index (χ3v) is 2.50. The number of aromatic nitrogens is 1. The van der Waals surface area contributed by atoms with Crippen molar-refractivity contribution >= 4 is 21.6 Å². The fourth-order valence-corrected chi connectivity index (χ4v) is 1.80. The molecule has 2 aromatic heterocycles. The standard InChI is InChI=1S/C9H6N2S.2C2H6/c10-5-3-7-1-2-9-8(11-7)4-6-12-9;2*1-2/h1-2,4,6H,3H2;2*1-2H3. The molecule has 0 unspecified atom stereocenters. The zero-order chi connectivity index (χ0) is 12.4. The van der Waals surface area contributed by atoms with E-state index in [4.69, 9.17) is 5.26 Å². The second-order valence-electron chi connectivity index (χ2n) is 2.44. The lowest BCUT2D eigenvalue weighted by Gasteiger charge is -1.92. The van der Waals surface area contributed by atoms with Gasteiger partial charge in [-0.1, -0.05) is 27.7 Å². The van der Waals surface area contributed by atoms with E-state index >= 15 is 0 Å². The van der Waals surface area contributed by atoms with Gasteiger partial charge in [-0.05, 0) is 23.6 Å². The normalized spacial score (nSPS) is 8.19. The van der Waals surface area contributed by atoms with Crippen LogP contribution < -0.4 is 0 Å². The average molecular weight is 234 g/mol. The van der Waals surface area contributed by atoms with E-state index in [0.29, 0.717) is 6.42 Å². The number of hydrogen-bond acceptors (Lipinski definition) is 3. The summed E-state index contributed by atoms with van der Waals surface area (Å²) < 4.78 is 1.18. The van der Waals surface area contributed by atoms with Crippen LogP contribution in [0.25, 0.3) is 10.2 Å². The lowest BCUT2D eigenvalue weighted by molar-refractivity contribution is 1.15. The fraction of sp³-hybridized carbons (Fsp3) is 0.385. The molecule has 0 aliphatic heterocycles. The quantitative estimate of drug-likeness (QED) is 0.732. The van der Waals surface area contributed by atoms with Gasteiger partial charge in [-0.3, -0.25) is 4.98 Å². The summed E-state index contributed by atoms with van der Waals surface area (Å²) in [6.07, 6.45) is 0.395. The Morgan fingerprint density at radius 1 is 1.19 bits per heavy atom. The largest absolute Gasteiger partial charge is 0.251 e. The van der Waals surface area contributed by atoms with Crippen molar-refractivity contribution in [1.29, 1.82) is 5.26 Å². The predicted octanol–water partition coefficient (Wildman–Crippen LogP) is 4.41. The summed E-state index contributed by atoms with van der Waals surface area (Å²) in [5.74, 6) is 0. The first-order valence-corrected chi connectivity index (χ1v) is 6.48. The third kappa shape index (κ3) is 4.00. The van der Waals surface area contributed by atoms with Gasteiger partial charge in [-0.25, -0.2) is 0 Å². The van der Waals surface area contributed by atoms with Gasteiger partial charge >= 0.3 is 0 Å². The predicted molar refractivity (Wildman–Crippen MR) is 71.6 cm³/mol. The van der Waals surface area contributed by atoms with Crippen LogP contribution in [-0.2, 0) is 6.42 Å². The van der Waals surface area contributed by atoms with Gasteiger partial charge in [0, 0.05) is 0 Å². The second kappa shape index (κ2) is 8.87. The van der Waals surface area contributed by atoms with Gasteiger partial charge in [-0.2, -0.15) is 5.26 Å². The van der Waals surface area contributed by atoms with E-state index in [1.165, 1.54) is 4.70 Å². The summed E-state index contributed by atoms with van der Waals surface area (Å²) in [5.41, 5.74) is 1.84. The van der Waals surface area contributed by atoms with Crippen molar-refractivity contribution in [1.82, 2.24) is 4.98 Å². The van der Waals surface area contributed by atoms with Crippen molar-refractivity contribution in [3.05, 3.63) is 29.3 Å². The molecule has 2 aromatic rings. The average Bonchev–Trinajstić information content (AvgIpc) is 2.82. The van der Waals surface area contributed by atoms with Crippen LogP contribution in [0.2, 0.25) is 0 Å². The molecule has 0 atom stereocenters. The Labute approximate surface area is 102 Å². The van der Waals surface area contributed by atoms with Gasteiger partial charge in [0.25, 0.3) is 0 Å². The number of nitrogens with zero attached hydrogens (tertiary/aromatic N) is 2. The Balaban J connectivity index is 0.000000509. The molecule has 0 aliphatic carbocycles. The summed E-state index contributed by atoms with van der Waals surface area (Å²) in [5, 5.41) is 10.5. The highest BCUT2D eigenvalue weighted by Crippen LogP contribution is 2.18. The third-order valence-electron chi connectivity index (χ3n) is 1.62. The Hall–Kier alpha value is -1.40. The SMILES string of the molecule is CC.CC.N#CCc1ccc2sccc2n1. The van der Waals surface area contributed by atoms with E-state index in [1.807, 2.05) is 51.3 Å².